The predicted octanol–water partition coefficient (Wildman–Crippen LogP) is 0.669. The van der Waals surface area contributed by atoms with Crippen molar-refractivity contribution in [2.24, 2.45) is 5.92 Å². The van der Waals surface area contributed by atoms with Crippen LogP contribution in [0.1, 0.15) is 17.5 Å². The quantitative estimate of drug-likeness (QED) is 0.841. The molecule has 1 atom stereocenters. The molecule has 0 radical (unpaired) electrons. The van der Waals surface area contributed by atoms with Gasteiger partial charge in [0.1, 0.15) is 0 Å². The zero-order chi connectivity index (χ0) is 13.3. The van der Waals surface area contributed by atoms with Crippen LogP contribution >= 0.6 is 0 Å². The molecule has 4 nitrogen and oxygen atoms in total. The standard InChI is InChI=1S/C15H19NO3/c17-14(13-5-6-19-9-13)16-10-15(18)7-11-3-1-2-4-12(11)8-15/h1-4,13,18H,5-10H2,(H,16,17). The van der Waals surface area contributed by atoms with Gasteiger partial charge in [-0.15, -0.1) is 0 Å². The van der Waals surface area contributed by atoms with E-state index in [1.165, 1.54) is 11.1 Å². The molecule has 1 aliphatic carbocycles. The molecule has 0 saturated carbocycles. The van der Waals surface area contributed by atoms with Gasteiger partial charge in [0.25, 0.3) is 0 Å². The van der Waals surface area contributed by atoms with E-state index in [0.29, 0.717) is 32.6 Å². The molecule has 102 valence electrons. The van der Waals surface area contributed by atoms with Gasteiger partial charge in [-0.25, -0.2) is 0 Å². The van der Waals surface area contributed by atoms with Gasteiger partial charge < -0.3 is 15.2 Å². The molecule has 3 rings (SSSR count). The van der Waals surface area contributed by atoms with Gasteiger partial charge in [0.05, 0.1) is 18.1 Å². The molecule has 1 aliphatic heterocycles. The lowest BCUT2D eigenvalue weighted by molar-refractivity contribution is -0.126. The van der Waals surface area contributed by atoms with Crippen molar-refractivity contribution in [2.45, 2.75) is 24.9 Å². The van der Waals surface area contributed by atoms with Crippen molar-refractivity contribution < 1.29 is 14.6 Å². The zero-order valence-corrected chi connectivity index (χ0v) is 10.9. The van der Waals surface area contributed by atoms with Crippen LogP contribution in [-0.4, -0.2) is 36.4 Å². The number of ether oxygens (including phenoxy) is 1. The van der Waals surface area contributed by atoms with Gasteiger partial charge in [0.15, 0.2) is 0 Å². The maximum Gasteiger partial charge on any atom is 0.225 e. The highest BCUT2D eigenvalue weighted by Crippen LogP contribution is 2.29. The summed E-state index contributed by atoms with van der Waals surface area (Å²) >= 11 is 0. The molecular formula is C15H19NO3. The van der Waals surface area contributed by atoms with E-state index in [0.717, 1.165) is 6.42 Å². The van der Waals surface area contributed by atoms with Gasteiger partial charge in [0.2, 0.25) is 5.91 Å². The molecule has 0 aromatic heterocycles. The minimum absolute atomic E-state index is 0.00174. The van der Waals surface area contributed by atoms with E-state index in [2.05, 4.69) is 5.32 Å². The van der Waals surface area contributed by atoms with Gasteiger partial charge in [-0.05, 0) is 17.5 Å². The second kappa shape index (κ2) is 4.94. The first-order chi connectivity index (χ1) is 9.16. The van der Waals surface area contributed by atoms with E-state index >= 15 is 0 Å². The first kappa shape index (κ1) is 12.6. The Morgan fingerprint density at radius 2 is 2.05 bits per heavy atom. The highest BCUT2D eigenvalue weighted by atomic mass is 16.5. The summed E-state index contributed by atoms with van der Waals surface area (Å²) in [5.74, 6) is -0.0470. The van der Waals surface area contributed by atoms with Gasteiger partial charge in [-0.2, -0.15) is 0 Å². The number of aliphatic hydroxyl groups is 1. The fourth-order valence-electron chi connectivity index (χ4n) is 2.94. The number of hydrogen-bond donors (Lipinski definition) is 2. The molecule has 1 aromatic rings. The molecule has 0 spiro atoms. The van der Waals surface area contributed by atoms with Gasteiger partial charge in [-0.3, -0.25) is 4.79 Å². The first-order valence-corrected chi connectivity index (χ1v) is 6.81. The van der Waals surface area contributed by atoms with Crippen molar-refractivity contribution in [3.63, 3.8) is 0 Å². The summed E-state index contributed by atoms with van der Waals surface area (Å²) in [4.78, 5) is 11.9. The minimum Gasteiger partial charge on any atom is -0.387 e. The van der Waals surface area contributed by atoms with E-state index in [4.69, 9.17) is 4.74 Å². The van der Waals surface area contributed by atoms with Crippen LogP contribution in [0.2, 0.25) is 0 Å². The molecule has 19 heavy (non-hydrogen) atoms. The molecule has 1 amide bonds. The Bertz CT molecular complexity index is 455. The summed E-state index contributed by atoms with van der Waals surface area (Å²) in [6.45, 7) is 1.48. The minimum atomic E-state index is -0.835. The van der Waals surface area contributed by atoms with Crippen molar-refractivity contribution in [1.29, 1.82) is 0 Å². The van der Waals surface area contributed by atoms with Crippen molar-refractivity contribution in [3.8, 4) is 0 Å². The van der Waals surface area contributed by atoms with Crippen molar-refractivity contribution in [2.75, 3.05) is 19.8 Å². The van der Waals surface area contributed by atoms with E-state index < -0.39 is 5.60 Å². The summed E-state index contributed by atoms with van der Waals surface area (Å²) in [5, 5.41) is 13.4. The molecule has 1 aromatic carbocycles. The highest BCUT2D eigenvalue weighted by Gasteiger charge is 2.36. The smallest absolute Gasteiger partial charge is 0.225 e. The topological polar surface area (TPSA) is 58.6 Å². The molecule has 1 heterocycles. The van der Waals surface area contributed by atoms with Gasteiger partial charge >= 0.3 is 0 Å². The largest absolute Gasteiger partial charge is 0.387 e. The van der Waals surface area contributed by atoms with E-state index in [1.54, 1.807) is 0 Å². The van der Waals surface area contributed by atoms with Gasteiger partial charge in [0, 0.05) is 26.0 Å². The number of hydrogen-bond acceptors (Lipinski definition) is 3. The van der Waals surface area contributed by atoms with Crippen LogP contribution in [0.5, 0.6) is 0 Å². The number of nitrogens with one attached hydrogen (secondary N) is 1. The Morgan fingerprint density at radius 1 is 1.37 bits per heavy atom. The Hall–Kier alpha value is -1.39. The number of fused-ring (bicyclic) bond motifs is 1. The average Bonchev–Trinajstić information content (AvgIpc) is 3.02. The summed E-state index contributed by atoms with van der Waals surface area (Å²) in [5.41, 5.74) is 1.53. The van der Waals surface area contributed by atoms with Crippen molar-refractivity contribution in [3.05, 3.63) is 35.4 Å². The molecule has 2 N–H and O–H groups in total. The van der Waals surface area contributed by atoms with Crippen LogP contribution in [-0.2, 0) is 22.4 Å². The lowest BCUT2D eigenvalue weighted by Gasteiger charge is -2.23. The molecule has 1 fully saturated rings. The van der Waals surface area contributed by atoms with Crippen LogP contribution in [0.4, 0.5) is 0 Å². The molecule has 0 bridgehead atoms. The number of rotatable bonds is 3. The third-order valence-corrected chi connectivity index (χ3v) is 4.05. The molecular weight excluding hydrogens is 242 g/mol. The monoisotopic (exact) mass is 261 g/mol. The maximum absolute atomic E-state index is 11.9. The van der Waals surface area contributed by atoms with Crippen molar-refractivity contribution >= 4 is 5.91 Å². The van der Waals surface area contributed by atoms with Crippen LogP contribution in [0.25, 0.3) is 0 Å². The number of carbonyl (C=O) groups excluding carboxylic acids is 1. The number of amides is 1. The molecule has 2 aliphatic rings. The summed E-state index contributed by atoms with van der Waals surface area (Å²) < 4.78 is 5.20. The Morgan fingerprint density at radius 3 is 2.63 bits per heavy atom. The normalized spacial score (nSPS) is 24.2. The van der Waals surface area contributed by atoms with Crippen LogP contribution < -0.4 is 5.32 Å². The third-order valence-electron chi connectivity index (χ3n) is 4.05. The second-order valence-corrected chi connectivity index (χ2v) is 5.62. The molecule has 4 heteroatoms. The summed E-state index contributed by atoms with van der Waals surface area (Å²) in [6.07, 6.45) is 2.01. The Balaban J connectivity index is 1.57. The fraction of sp³-hybridized carbons (Fsp3) is 0.533. The molecule has 1 unspecified atom stereocenters. The lowest BCUT2D eigenvalue weighted by Crippen LogP contribution is -2.45. The van der Waals surface area contributed by atoms with Crippen LogP contribution in [0.15, 0.2) is 24.3 Å². The molecule has 1 saturated heterocycles. The average molecular weight is 261 g/mol. The fourth-order valence-corrected chi connectivity index (χ4v) is 2.94. The third kappa shape index (κ3) is 2.65. The van der Waals surface area contributed by atoms with Crippen molar-refractivity contribution in [1.82, 2.24) is 5.32 Å². The van der Waals surface area contributed by atoms with E-state index in [1.807, 2.05) is 24.3 Å². The number of carbonyl (C=O) groups is 1. The van der Waals surface area contributed by atoms with Crippen LogP contribution in [0.3, 0.4) is 0 Å². The maximum atomic E-state index is 11.9. The second-order valence-electron chi connectivity index (χ2n) is 5.62. The van der Waals surface area contributed by atoms with Gasteiger partial charge in [-0.1, -0.05) is 24.3 Å². The van der Waals surface area contributed by atoms with E-state index in [9.17, 15) is 9.90 Å². The van der Waals surface area contributed by atoms with Crippen LogP contribution in [0, 0.1) is 5.92 Å². The highest BCUT2D eigenvalue weighted by molar-refractivity contribution is 5.79. The van der Waals surface area contributed by atoms with E-state index in [-0.39, 0.29) is 11.8 Å². The Labute approximate surface area is 112 Å². The first-order valence-electron chi connectivity index (χ1n) is 6.81. The number of benzene rings is 1. The lowest BCUT2D eigenvalue weighted by atomic mass is 10.00. The summed E-state index contributed by atoms with van der Waals surface area (Å²) in [6, 6.07) is 8.05. The predicted molar refractivity (Wildman–Crippen MR) is 70.7 cm³/mol. The summed E-state index contributed by atoms with van der Waals surface area (Å²) in [7, 11) is 0. The SMILES string of the molecule is O=C(NCC1(O)Cc2ccccc2C1)C1CCOC1. The Kier molecular flexibility index (Phi) is 3.29. The zero-order valence-electron chi connectivity index (χ0n) is 10.9.